The van der Waals surface area contributed by atoms with Crippen LogP contribution in [0.1, 0.15) is 30.9 Å². The number of nitrogens with zero attached hydrogens (tertiary/aromatic N) is 5. The van der Waals surface area contributed by atoms with Crippen LogP contribution < -0.4 is 0 Å². The van der Waals surface area contributed by atoms with Gasteiger partial charge in [0.05, 0.1) is 16.8 Å². The Kier molecular flexibility index (Phi) is 6.20. The quantitative estimate of drug-likeness (QED) is 0.434. The van der Waals surface area contributed by atoms with Gasteiger partial charge in [-0.2, -0.15) is 0 Å². The van der Waals surface area contributed by atoms with Crippen molar-refractivity contribution in [1.82, 2.24) is 29.6 Å². The Morgan fingerprint density at radius 2 is 1.72 bits per heavy atom. The normalized spacial score (nSPS) is 14.2. The number of carbonyl (C=O) groups excluding carboxylic acids is 1. The molecule has 1 aliphatic rings. The second-order valence-electron chi connectivity index (χ2n) is 8.00. The van der Waals surface area contributed by atoms with Gasteiger partial charge in [-0.25, -0.2) is 4.98 Å². The zero-order valence-corrected chi connectivity index (χ0v) is 18.7. The number of thioether (sulfide) groups is 1. The molecule has 0 saturated carbocycles. The fourth-order valence-electron chi connectivity index (χ4n) is 4.11. The average molecular weight is 447 g/mol. The summed E-state index contributed by atoms with van der Waals surface area (Å²) in [6, 6.07) is 18.1. The molecule has 2 aromatic carbocycles. The van der Waals surface area contributed by atoms with E-state index in [-0.39, 0.29) is 5.91 Å². The topological polar surface area (TPSA) is 79.7 Å². The second-order valence-corrected chi connectivity index (χ2v) is 8.94. The van der Waals surface area contributed by atoms with Crippen LogP contribution in [0.2, 0.25) is 0 Å². The minimum atomic E-state index is 0.182. The lowest BCUT2D eigenvalue weighted by Crippen LogP contribution is -2.36. The Morgan fingerprint density at radius 3 is 2.53 bits per heavy atom. The number of aromatic amines is 1. The van der Waals surface area contributed by atoms with E-state index in [1.807, 2.05) is 59.5 Å². The number of likely N-dealkylation sites (tertiary alicyclic amines) is 1. The van der Waals surface area contributed by atoms with E-state index >= 15 is 0 Å². The molecule has 0 unspecified atom stereocenters. The van der Waals surface area contributed by atoms with Gasteiger partial charge in [0.15, 0.2) is 5.16 Å². The van der Waals surface area contributed by atoms with Crippen LogP contribution in [-0.2, 0) is 17.6 Å². The maximum Gasteiger partial charge on any atom is 0.233 e. The SMILES string of the molecule is O=C(CSc1nnc(CCc2nc3ccccc3[nH]2)n1-c1ccccc1)N1CCCCC1. The van der Waals surface area contributed by atoms with Gasteiger partial charge in [-0.05, 0) is 43.5 Å². The predicted octanol–water partition coefficient (Wildman–Crippen LogP) is 4.03. The van der Waals surface area contributed by atoms with Gasteiger partial charge in [-0.3, -0.25) is 9.36 Å². The van der Waals surface area contributed by atoms with Crippen LogP contribution in [-0.4, -0.2) is 54.4 Å². The van der Waals surface area contributed by atoms with Crippen molar-refractivity contribution in [1.29, 1.82) is 0 Å². The molecular weight excluding hydrogens is 420 g/mol. The summed E-state index contributed by atoms with van der Waals surface area (Å²) in [6.07, 6.45) is 4.85. The first-order valence-electron chi connectivity index (χ1n) is 11.1. The molecule has 7 nitrogen and oxygen atoms in total. The minimum Gasteiger partial charge on any atom is -0.342 e. The number of piperidine rings is 1. The summed E-state index contributed by atoms with van der Waals surface area (Å²) in [5.74, 6) is 2.36. The molecule has 1 aliphatic heterocycles. The number of nitrogens with one attached hydrogen (secondary N) is 1. The summed E-state index contributed by atoms with van der Waals surface area (Å²) >= 11 is 1.46. The molecule has 4 aromatic rings. The van der Waals surface area contributed by atoms with Crippen molar-refractivity contribution in [2.45, 2.75) is 37.3 Å². The van der Waals surface area contributed by atoms with Gasteiger partial charge in [0.25, 0.3) is 0 Å². The summed E-state index contributed by atoms with van der Waals surface area (Å²) in [5, 5.41) is 9.67. The van der Waals surface area contributed by atoms with E-state index in [9.17, 15) is 4.79 Å². The second kappa shape index (κ2) is 9.56. The number of H-pyrrole nitrogens is 1. The van der Waals surface area contributed by atoms with Gasteiger partial charge in [0.2, 0.25) is 5.91 Å². The number of aryl methyl sites for hydroxylation is 2. The van der Waals surface area contributed by atoms with Crippen molar-refractivity contribution in [2.75, 3.05) is 18.8 Å². The molecule has 0 aliphatic carbocycles. The lowest BCUT2D eigenvalue weighted by atomic mass is 10.1. The molecular formula is C24H26N6OS. The summed E-state index contributed by atoms with van der Waals surface area (Å²) in [5.41, 5.74) is 3.02. The fourth-order valence-corrected chi connectivity index (χ4v) is 4.98. The van der Waals surface area contributed by atoms with Crippen LogP contribution in [0.25, 0.3) is 16.7 Å². The van der Waals surface area contributed by atoms with Gasteiger partial charge in [-0.1, -0.05) is 42.1 Å². The van der Waals surface area contributed by atoms with Crippen LogP contribution in [0.3, 0.4) is 0 Å². The van der Waals surface area contributed by atoms with Crippen LogP contribution in [0, 0.1) is 0 Å². The van der Waals surface area contributed by atoms with E-state index in [4.69, 9.17) is 0 Å². The maximum atomic E-state index is 12.7. The van der Waals surface area contributed by atoms with Gasteiger partial charge in [0.1, 0.15) is 11.6 Å². The molecule has 0 bridgehead atoms. The van der Waals surface area contributed by atoms with Gasteiger partial charge < -0.3 is 9.88 Å². The summed E-state index contributed by atoms with van der Waals surface area (Å²) in [6.45, 7) is 1.74. The Bertz CT molecular complexity index is 1160. The maximum absolute atomic E-state index is 12.7. The Hall–Kier alpha value is -3.13. The first-order chi connectivity index (χ1) is 15.8. The van der Waals surface area contributed by atoms with Crippen molar-refractivity contribution in [3.63, 3.8) is 0 Å². The summed E-state index contributed by atoms with van der Waals surface area (Å²) in [7, 11) is 0. The summed E-state index contributed by atoms with van der Waals surface area (Å²) < 4.78 is 2.07. The highest BCUT2D eigenvalue weighted by Gasteiger charge is 2.20. The van der Waals surface area contributed by atoms with E-state index in [0.717, 1.165) is 65.9 Å². The zero-order valence-electron chi connectivity index (χ0n) is 17.9. The molecule has 5 rings (SSSR count). The molecule has 32 heavy (non-hydrogen) atoms. The highest BCUT2D eigenvalue weighted by molar-refractivity contribution is 7.99. The standard InChI is InChI=1S/C24H26N6OS/c31-23(29-15-7-2-8-16-29)17-32-24-28-27-22(30(24)18-9-3-1-4-10-18)14-13-21-25-19-11-5-6-12-20(19)26-21/h1,3-6,9-12H,2,7-8,13-17H2,(H,25,26). The van der Waals surface area contributed by atoms with E-state index in [1.54, 1.807) is 0 Å². The van der Waals surface area contributed by atoms with E-state index < -0.39 is 0 Å². The molecule has 164 valence electrons. The Morgan fingerprint density at radius 1 is 0.938 bits per heavy atom. The first kappa shape index (κ1) is 20.8. The van der Waals surface area contributed by atoms with Gasteiger partial charge >= 0.3 is 0 Å². The van der Waals surface area contributed by atoms with Gasteiger partial charge in [-0.15, -0.1) is 10.2 Å². The van der Waals surface area contributed by atoms with Gasteiger partial charge in [0, 0.05) is 31.6 Å². The monoisotopic (exact) mass is 446 g/mol. The molecule has 1 N–H and O–H groups in total. The van der Waals surface area contributed by atoms with Crippen LogP contribution in [0.4, 0.5) is 0 Å². The number of para-hydroxylation sites is 3. The number of fused-ring (bicyclic) bond motifs is 1. The molecule has 2 aromatic heterocycles. The number of hydrogen-bond donors (Lipinski definition) is 1. The third kappa shape index (κ3) is 4.55. The number of imidazole rings is 1. The molecule has 3 heterocycles. The first-order valence-corrected chi connectivity index (χ1v) is 12.1. The van der Waals surface area contributed by atoms with E-state index in [2.05, 4.69) is 24.7 Å². The van der Waals surface area contributed by atoms with E-state index in [0.29, 0.717) is 12.2 Å². The number of benzene rings is 2. The molecule has 8 heteroatoms. The smallest absolute Gasteiger partial charge is 0.233 e. The van der Waals surface area contributed by atoms with Crippen molar-refractivity contribution < 1.29 is 4.79 Å². The Balaban J connectivity index is 1.34. The highest BCUT2D eigenvalue weighted by atomic mass is 32.2. The molecule has 0 atom stereocenters. The number of amides is 1. The predicted molar refractivity (Wildman–Crippen MR) is 126 cm³/mol. The third-order valence-electron chi connectivity index (χ3n) is 5.77. The minimum absolute atomic E-state index is 0.182. The largest absolute Gasteiger partial charge is 0.342 e. The molecule has 0 spiro atoms. The number of carbonyl (C=O) groups is 1. The lowest BCUT2D eigenvalue weighted by Gasteiger charge is -2.26. The third-order valence-corrected chi connectivity index (χ3v) is 6.69. The van der Waals surface area contributed by atoms with Crippen LogP contribution in [0.15, 0.2) is 59.8 Å². The fraction of sp³-hybridized carbons (Fsp3) is 0.333. The average Bonchev–Trinajstić information content (AvgIpc) is 3.45. The molecule has 1 amide bonds. The number of aromatic nitrogens is 5. The van der Waals surface area contributed by atoms with Crippen molar-refractivity contribution in [3.8, 4) is 5.69 Å². The van der Waals surface area contributed by atoms with Crippen LogP contribution in [0.5, 0.6) is 0 Å². The molecule has 1 saturated heterocycles. The highest BCUT2D eigenvalue weighted by Crippen LogP contribution is 2.24. The zero-order chi connectivity index (χ0) is 21.8. The van der Waals surface area contributed by atoms with Crippen molar-refractivity contribution in [2.24, 2.45) is 0 Å². The Labute approximate surface area is 191 Å². The number of hydrogen-bond acceptors (Lipinski definition) is 5. The molecule has 1 fully saturated rings. The number of rotatable bonds is 7. The van der Waals surface area contributed by atoms with Crippen LogP contribution >= 0.6 is 11.8 Å². The molecule has 0 radical (unpaired) electrons. The lowest BCUT2D eigenvalue weighted by molar-refractivity contribution is -0.129. The van der Waals surface area contributed by atoms with Crippen molar-refractivity contribution in [3.05, 3.63) is 66.2 Å². The summed E-state index contributed by atoms with van der Waals surface area (Å²) in [4.78, 5) is 22.7. The van der Waals surface area contributed by atoms with E-state index in [1.165, 1.54) is 18.2 Å². The van der Waals surface area contributed by atoms with Crippen molar-refractivity contribution >= 4 is 28.7 Å².